The summed E-state index contributed by atoms with van der Waals surface area (Å²) in [5.74, 6) is 0.480. The van der Waals surface area contributed by atoms with Crippen LogP contribution in [0.1, 0.15) is 12.8 Å². The predicted molar refractivity (Wildman–Crippen MR) is 48.5 cm³/mol. The second-order valence-corrected chi connectivity index (χ2v) is 3.21. The third-order valence-electron chi connectivity index (χ3n) is 2.33. The van der Waals surface area contributed by atoms with Crippen LogP contribution in [-0.2, 0) is 4.74 Å². The van der Waals surface area contributed by atoms with E-state index in [1.807, 2.05) is 0 Å². The van der Waals surface area contributed by atoms with Gasteiger partial charge in [-0.3, -0.25) is 0 Å². The van der Waals surface area contributed by atoms with Gasteiger partial charge in [0, 0.05) is 13.1 Å². The zero-order chi connectivity index (χ0) is 9.68. The van der Waals surface area contributed by atoms with Crippen molar-refractivity contribution in [2.45, 2.75) is 12.8 Å². The molecule has 4 heteroatoms. The Labute approximate surface area is 77.8 Å². The van der Waals surface area contributed by atoms with E-state index in [4.69, 9.17) is 9.84 Å². The lowest BCUT2D eigenvalue weighted by atomic mass is 9.98. The van der Waals surface area contributed by atoms with E-state index in [2.05, 4.69) is 6.58 Å². The van der Waals surface area contributed by atoms with Crippen LogP contribution >= 0.6 is 0 Å². The SMILES string of the molecule is C=COCC1CCN(C(=O)O)CC1. The van der Waals surface area contributed by atoms with Crippen LogP contribution in [0.5, 0.6) is 0 Å². The van der Waals surface area contributed by atoms with Crippen molar-refractivity contribution in [3.63, 3.8) is 0 Å². The molecule has 4 nitrogen and oxygen atoms in total. The Kier molecular flexibility index (Phi) is 3.61. The first-order valence-electron chi connectivity index (χ1n) is 4.44. The maximum atomic E-state index is 10.6. The molecule has 0 bridgehead atoms. The topological polar surface area (TPSA) is 49.8 Å². The molecule has 0 aliphatic carbocycles. The van der Waals surface area contributed by atoms with E-state index < -0.39 is 6.09 Å². The Morgan fingerprint density at radius 3 is 2.69 bits per heavy atom. The van der Waals surface area contributed by atoms with Crippen molar-refractivity contribution in [3.05, 3.63) is 12.8 Å². The third-order valence-corrected chi connectivity index (χ3v) is 2.33. The summed E-state index contributed by atoms with van der Waals surface area (Å²) >= 11 is 0. The van der Waals surface area contributed by atoms with E-state index >= 15 is 0 Å². The standard InChI is InChI=1S/C9H15NO3/c1-2-13-7-8-3-5-10(6-4-8)9(11)12/h2,8H,1,3-7H2,(H,11,12). The molecule has 0 unspecified atom stereocenters. The first-order valence-corrected chi connectivity index (χ1v) is 4.44. The number of ether oxygens (including phenoxy) is 1. The Morgan fingerprint density at radius 1 is 1.62 bits per heavy atom. The van der Waals surface area contributed by atoms with Gasteiger partial charge in [0.1, 0.15) is 0 Å². The lowest BCUT2D eigenvalue weighted by Gasteiger charge is -2.29. The molecular formula is C9H15NO3. The molecule has 0 aromatic carbocycles. The van der Waals surface area contributed by atoms with Crippen molar-refractivity contribution in [1.82, 2.24) is 4.90 Å². The molecule has 1 fully saturated rings. The maximum Gasteiger partial charge on any atom is 0.407 e. The molecular weight excluding hydrogens is 170 g/mol. The van der Waals surface area contributed by atoms with E-state index in [9.17, 15) is 4.79 Å². The van der Waals surface area contributed by atoms with Crippen LogP contribution in [-0.4, -0.2) is 35.8 Å². The molecule has 1 N–H and O–H groups in total. The van der Waals surface area contributed by atoms with Gasteiger partial charge in [-0.2, -0.15) is 0 Å². The van der Waals surface area contributed by atoms with E-state index in [1.54, 1.807) is 0 Å². The highest BCUT2D eigenvalue weighted by Crippen LogP contribution is 2.17. The van der Waals surface area contributed by atoms with Crippen molar-refractivity contribution < 1.29 is 14.6 Å². The number of piperidine rings is 1. The summed E-state index contributed by atoms with van der Waals surface area (Å²) in [5.41, 5.74) is 0. The molecule has 1 aliphatic rings. The van der Waals surface area contributed by atoms with Crippen molar-refractivity contribution in [3.8, 4) is 0 Å². The number of likely N-dealkylation sites (tertiary alicyclic amines) is 1. The predicted octanol–water partition coefficient (Wildman–Crippen LogP) is 1.54. The molecule has 1 heterocycles. The molecule has 1 saturated heterocycles. The van der Waals surface area contributed by atoms with E-state index in [0.29, 0.717) is 25.6 Å². The zero-order valence-corrected chi connectivity index (χ0v) is 7.61. The molecule has 1 rings (SSSR count). The van der Waals surface area contributed by atoms with Gasteiger partial charge in [-0.1, -0.05) is 6.58 Å². The van der Waals surface area contributed by atoms with Crippen LogP contribution in [0.2, 0.25) is 0 Å². The average molecular weight is 185 g/mol. The first-order chi connectivity index (χ1) is 6.24. The van der Waals surface area contributed by atoms with Crippen LogP contribution in [0.3, 0.4) is 0 Å². The van der Waals surface area contributed by atoms with Gasteiger partial charge >= 0.3 is 6.09 Å². The molecule has 0 aromatic heterocycles. The monoisotopic (exact) mass is 185 g/mol. The van der Waals surface area contributed by atoms with Gasteiger partial charge in [0.15, 0.2) is 0 Å². The number of hydrogen-bond acceptors (Lipinski definition) is 2. The van der Waals surface area contributed by atoms with Gasteiger partial charge in [-0.25, -0.2) is 4.79 Å². The molecule has 74 valence electrons. The van der Waals surface area contributed by atoms with Crippen LogP contribution in [0.15, 0.2) is 12.8 Å². The van der Waals surface area contributed by atoms with Gasteiger partial charge in [0.25, 0.3) is 0 Å². The molecule has 0 saturated carbocycles. The Bertz CT molecular complexity index is 185. The molecule has 1 aliphatic heterocycles. The van der Waals surface area contributed by atoms with Gasteiger partial charge in [0.05, 0.1) is 12.9 Å². The number of amides is 1. The fourth-order valence-corrected chi connectivity index (χ4v) is 1.50. The summed E-state index contributed by atoms with van der Waals surface area (Å²) in [6, 6.07) is 0. The van der Waals surface area contributed by atoms with E-state index in [1.165, 1.54) is 11.2 Å². The second-order valence-electron chi connectivity index (χ2n) is 3.21. The molecule has 1 amide bonds. The highest BCUT2D eigenvalue weighted by molar-refractivity contribution is 5.64. The van der Waals surface area contributed by atoms with Gasteiger partial charge in [0.2, 0.25) is 0 Å². The second kappa shape index (κ2) is 4.74. The highest BCUT2D eigenvalue weighted by atomic mass is 16.5. The lowest BCUT2D eigenvalue weighted by Crippen LogP contribution is -2.38. The smallest absolute Gasteiger partial charge is 0.407 e. The lowest BCUT2D eigenvalue weighted by molar-refractivity contribution is 0.102. The number of hydrogen-bond donors (Lipinski definition) is 1. The van der Waals surface area contributed by atoms with Crippen LogP contribution in [0.25, 0.3) is 0 Å². The fraction of sp³-hybridized carbons (Fsp3) is 0.667. The quantitative estimate of drug-likeness (QED) is 0.678. The Morgan fingerprint density at radius 2 is 2.23 bits per heavy atom. The van der Waals surface area contributed by atoms with Crippen molar-refractivity contribution in [2.24, 2.45) is 5.92 Å². The third kappa shape index (κ3) is 2.97. The Balaban J connectivity index is 2.22. The molecule has 0 spiro atoms. The van der Waals surface area contributed by atoms with E-state index in [-0.39, 0.29) is 0 Å². The van der Waals surface area contributed by atoms with Crippen molar-refractivity contribution in [2.75, 3.05) is 19.7 Å². The minimum absolute atomic E-state index is 0.480. The number of carboxylic acid groups (broad SMARTS) is 1. The molecule has 0 atom stereocenters. The number of carbonyl (C=O) groups is 1. The minimum Gasteiger partial charge on any atom is -0.502 e. The van der Waals surface area contributed by atoms with Gasteiger partial charge < -0.3 is 14.7 Å². The largest absolute Gasteiger partial charge is 0.502 e. The zero-order valence-electron chi connectivity index (χ0n) is 7.61. The number of rotatable bonds is 3. The van der Waals surface area contributed by atoms with Crippen LogP contribution in [0.4, 0.5) is 4.79 Å². The molecule has 0 radical (unpaired) electrons. The highest BCUT2D eigenvalue weighted by Gasteiger charge is 2.21. The summed E-state index contributed by atoms with van der Waals surface area (Å²) < 4.78 is 5.07. The molecule has 0 aromatic rings. The van der Waals surface area contributed by atoms with Crippen LogP contribution in [0, 0.1) is 5.92 Å². The van der Waals surface area contributed by atoms with Gasteiger partial charge in [-0.05, 0) is 18.8 Å². The normalized spacial score (nSPS) is 18.3. The van der Waals surface area contributed by atoms with Crippen molar-refractivity contribution >= 4 is 6.09 Å². The first kappa shape index (κ1) is 9.89. The molecule has 13 heavy (non-hydrogen) atoms. The summed E-state index contributed by atoms with van der Waals surface area (Å²) in [6.07, 6.45) is 2.40. The summed E-state index contributed by atoms with van der Waals surface area (Å²) in [7, 11) is 0. The average Bonchev–Trinajstić information content (AvgIpc) is 2.15. The summed E-state index contributed by atoms with van der Waals surface area (Å²) in [5, 5.41) is 8.68. The maximum absolute atomic E-state index is 10.6. The summed E-state index contributed by atoms with van der Waals surface area (Å²) in [4.78, 5) is 12.0. The fourth-order valence-electron chi connectivity index (χ4n) is 1.50. The Hall–Kier alpha value is -1.19. The van der Waals surface area contributed by atoms with E-state index in [0.717, 1.165) is 12.8 Å². The summed E-state index contributed by atoms with van der Waals surface area (Å²) in [6.45, 7) is 5.38. The van der Waals surface area contributed by atoms with Gasteiger partial charge in [-0.15, -0.1) is 0 Å². The minimum atomic E-state index is -0.817. The number of nitrogens with zero attached hydrogens (tertiary/aromatic N) is 1. The van der Waals surface area contributed by atoms with Crippen LogP contribution < -0.4 is 0 Å². The van der Waals surface area contributed by atoms with Crippen molar-refractivity contribution in [1.29, 1.82) is 0 Å².